The van der Waals surface area contributed by atoms with E-state index in [2.05, 4.69) is 39.0 Å². The van der Waals surface area contributed by atoms with E-state index in [1.54, 1.807) is 48.5 Å². The second-order valence-corrected chi connectivity index (χ2v) is 16.1. The highest BCUT2D eigenvalue weighted by Gasteiger charge is 2.34. The zero-order chi connectivity index (χ0) is 46.7. The molecule has 2 rings (SSSR count). The summed E-state index contributed by atoms with van der Waals surface area (Å²) in [7, 11) is -1.93. The van der Waals surface area contributed by atoms with Gasteiger partial charge in [-0.1, -0.05) is 42.0 Å². The zero-order valence-corrected chi connectivity index (χ0v) is 37.8. The van der Waals surface area contributed by atoms with E-state index in [9.17, 15) is 23.7 Å². The third kappa shape index (κ3) is 25.1. The third-order valence-corrected chi connectivity index (χ3v) is 10.4. The molecule has 0 spiro atoms. The van der Waals surface area contributed by atoms with E-state index in [1.807, 2.05) is 0 Å². The molecule has 4 N–H and O–H groups in total. The molecule has 350 valence electrons. The molecule has 2 aromatic rings. The second-order valence-electron chi connectivity index (χ2n) is 14.0. The van der Waals surface area contributed by atoms with Crippen LogP contribution in [0.3, 0.4) is 0 Å². The average molecular weight is 911 g/mol. The lowest BCUT2D eigenvalue weighted by atomic mass is 9.82. The zero-order valence-electron chi connectivity index (χ0n) is 37.0. The van der Waals surface area contributed by atoms with E-state index in [4.69, 9.17) is 56.7 Å². The summed E-state index contributed by atoms with van der Waals surface area (Å²) >= 11 is 0. The molecule has 18 heteroatoms. The minimum absolute atomic E-state index is 0.0313. The van der Waals surface area contributed by atoms with E-state index in [1.165, 1.54) is 13.8 Å². The third-order valence-electron chi connectivity index (χ3n) is 9.19. The largest absolute Gasteiger partial charge is 0.425 e. The SMILES string of the molecule is C#CCOCCOCCNC(=O)CCC(CCC(=O)NCCOCCOCC#C)(CCC(=O)NCCOCCOCC#C)NC(=O)c1ccc(-c2ccc(OP(C)(=O)OC)cc2)cc1. The Hall–Kier alpha value is -5.25. The number of amides is 4. The van der Waals surface area contributed by atoms with Crippen LogP contribution in [0.1, 0.15) is 48.9 Å². The first-order chi connectivity index (χ1) is 31.0. The Labute approximate surface area is 377 Å². The van der Waals surface area contributed by atoms with E-state index in [0.29, 0.717) is 51.0 Å². The molecular formula is C46H63N4O13P. The van der Waals surface area contributed by atoms with Crippen LogP contribution in [0.2, 0.25) is 0 Å². The number of hydrogen-bond acceptors (Lipinski definition) is 13. The normalized spacial score (nSPS) is 11.9. The minimum atomic E-state index is -3.24. The number of terminal acetylenes is 3. The molecule has 0 aliphatic heterocycles. The Bertz CT molecular complexity index is 1740. The lowest BCUT2D eigenvalue weighted by Gasteiger charge is -2.35. The molecule has 4 amide bonds. The van der Waals surface area contributed by atoms with E-state index in [0.717, 1.165) is 11.1 Å². The van der Waals surface area contributed by atoms with Gasteiger partial charge in [-0.3, -0.25) is 19.2 Å². The molecular weight excluding hydrogens is 847 g/mol. The van der Waals surface area contributed by atoms with Gasteiger partial charge in [0.15, 0.2) is 0 Å². The second kappa shape index (κ2) is 33.3. The van der Waals surface area contributed by atoms with Crippen molar-refractivity contribution in [1.29, 1.82) is 0 Å². The van der Waals surface area contributed by atoms with Gasteiger partial charge in [-0.15, -0.1) is 19.3 Å². The average Bonchev–Trinajstić information content (AvgIpc) is 3.29. The Kier molecular flexibility index (Phi) is 28.5. The Morgan fingerprint density at radius 2 is 0.922 bits per heavy atom. The van der Waals surface area contributed by atoms with Gasteiger partial charge < -0.3 is 58.7 Å². The van der Waals surface area contributed by atoms with Gasteiger partial charge in [0, 0.05) is 63.8 Å². The standard InChI is InChI=1S/C46H63N4O13P/c1-6-26-57-32-35-60-29-23-47-42(51)17-20-46(21-18-43(52)48-24-30-61-36-33-58-27-7-2,22-19-44(53)49-25-31-62-37-34-59-28-8-3)50-45(54)40-11-9-38(10-12-40)39-13-15-41(16-14-39)63-64(5,55)56-4/h1-3,9-16H,17-37H2,4-5H3,(H,47,51)(H,48,52)(H,49,53)(H,50,54). The summed E-state index contributed by atoms with van der Waals surface area (Å²) in [6.45, 7) is 5.14. The summed E-state index contributed by atoms with van der Waals surface area (Å²) in [5.41, 5.74) is 0.739. The molecule has 0 bridgehead atoms. The maximum Gasteiger partial charge on any atom is 0.375 e. The van der Waals surface area contributed by atoms with Crippen molar-refractivity contribution in [3.8, 4) is 53.9 Å². The van der Waals surface area contributed by atoms with Crippen LogP contribution in [0, 0.1) is 37.0 Å². The number of carbonyl (C=O) groups excluding carboxylic acids is 4. The predicted octanol–water partition coefficient (Wildman–Crippen LogP) is 3.36. The lowest BCUT2D eigenvalue weighted by Crippen LogP contribution is -2.50. The molecule has 1 atom stereocenters. The predicted molar refractivity (Wildman–Crippen MR) is 241 cm³/mol. The van der Waals surface area contributed by atoms with Crippen LogP contribution >= 0.6 is 7.60 Å². The molecule has 0 radical (unpaired) electrons. The highest BCUT2D eigenvalue weighted by molar-refractivity contribution is 7.53. The maximum atomic E-state index is 14.1. The highest BCUT2D eigenvalue weighted by Crippen LogP contribution is 2.43. The van der Waals surface area contributed by atoms with Crippen molar-refractivity contribution >= 4 is 31.2 Å². The first-order valence-electron chi connectivity index (χ1n) is 20.9. The number of rotatable bonds is 36. The number of carbonyl (C=O) groups is 4. The number of ether oxygens (including phenoxy) is 6. The van der Waals surface area contributed by atoms with Gasteiger partial charge in [-0.2, -0.15) is 0 Å². The Morgan fingerprint density at radius 3 is 1.28 bits per heavy atom. The van der Waals surface area contributed by atoms with Gasteiger partial charge in [-0.05, 0) is 54.7 Å². The first-order valence-corrected chi connectivity index (χ1v) is 22.9. The fourth-order valence-electron chi connectivity index (χ4n) is 5.79. The molecule has 2 aromatic carbocycles. The number of nitrogens with one attached hydrogen (secondary N) is 4. The monoisotopic (exact) mass is 910 g/mol. The Balaban J connectivity index is 2.24. The van der Waals surface area contributed by atoms with E-state index < -0.39 is 19.0 Å². The summed E-state index contributed by atoms with van der Waals surface area (Å²) < 4.78 is 54.6. The van der Waals surface area contributed by atoms with Crippen molar-refractivity contribution in [3.63, 3.8) is 0 Å². The molecule has 0 aromatic heterocycles. The summed E-state index contributed by atoms with van der Waals surface area (Å²) in [6, 6.07) is 13.8. The van der Waals surface area contributed by atoms with Crippen molar-refractivity contribution in [2.45, 2.75) is 44.1 Å². The van der Waals surface area contributed by atoms with Crippen molar-refractivity contribution in [3.05, 3.63) is 54.1 Å². The summed E-state index contributed by atoms with van der Waals surface area (Å²) in [4.78, 5) is 53.6. The van der Waals surface area contributed by atoms with Crippen LogP contribution in [-0.4, -0.2) is 142 Å². The topological polar surface area (TPSA) is 207 Å². The molecule has 64 heavy (non-hydrogen) atoms. The van der Waals surface area contributed by atoms with Crippen LogP contribution in [-0.2, 0) is 51.9 Å². The fourth-order valence-corrected chi connectivity index (χ4v) is 6.37. The molecule has 0 saturated carbocycles. The van der Waals surface area contributed by atoms with E-state index in [-0.39, 0.29) is 116 Å². The molecule has 0 heterocycles. The summed E-state index contributed by atoms with van der Waals surface area (Å²) in [5.74, 6) is 6.11. The number of hydrogen-bond donors (Lipinski definition) is 4. The van der Waals surface area contributed by atoms with Crippen LogP contribution < -0.4 is 25.8 Å². The summed E-state index contributed by atoms with van der Waals surface area (Å²) in [6.07, 6.45) is 15.8. The van der Waals surface area contributed by atoms with Crippen molar-refractivity contribution in [1.82, 2.24) is 21.3 Å². The van der Waals surface area contributed by atoms with Crippen molar-refractivity contribution in [2.75, 3.05) is 113 Å². The van der Waals surface area contributed by atoms with Gasteiger partial charge in [0.2, 0.25) is 17.7 Å². The van der Waals surface area contributed by atoms with Gasteiger partial charge in [0.05, 0.1) is 59.5 Å². The van der Waals surface area contributed by atoms with Crippen molar-refractivity contribution in [2.24, 2.45) is 0 Å². The smallest absolute Gasteiger partial charge is 0.375 e. The van der Waals surface area contributed by atoms with Crippen LogP contribution in [0.4, 0.5) is 0 Å². The molecule has 0 aliphatic rings. The van der Waals surface area contributed by atoms with Gasteiger partial charge in [0.25, 0.3) is 5.91 Å². The molecule has 0 fully saturated rings. The van der Waals surface area contributed by atoms with Gasteiger partial charge in [-0.25, -0.2) is 4.57 Å². The first kappa shape index (κ1) is 54.9. The van der Waals surface area contributed by atoms with Crippen LogP contribution in [0.25, 0.3) is 11.1 Å². The fraction of sp³-hybridized carbons (Fsp3) is 0.522. The van der Waals surface area contributed by atoms with E-state index >= 15 is 0 Å². The molecule has 17 nitrogen and oxygen atoms in total. The van der Waals surface area contributed by atoms with Gasteiger partial charge >= 0.3 is 7.60 Å². The number of benzene rings is 2. The molecule has 0 saturated heterocycles. The lowest BCUT2D eigenvalue weighted by molar-refractivity contribution is -0.121. The van der Waals surface area contributed by atoms with Crippen molar-refractivity contribution < 1.29 is 61.2 Å². The van der Waals surface area contributed by atoms with Crippen LogP contribution in [0.5, 0.6) is 5.75 Å². The Morgan fingerprint density at radius 1 is 0.562 bits per heavy atom. The molecule has 0 aliphatic carbocycles. The van der Waals surface area contributed by atoms with Gasteiger partial charge in [0.1, 0.15) is 25.6 Å². The highest BCUT2D eigenvalue weighted by atomic mass is 31.2. The quantitative estimate of drug-likeness (QED) is 0.0440. The molecule has 1 unspecified atom stereocenters. The minimum Gasteiger partial charge on any atom is -0.425 e. The van der Waals surface area contributed by atoms with Crippen LogP contribution in [0.15, 0.2) is 48.5 Å². The maximum absolute atomic E-state index is 14.1. The summed E-state index contributed by atoms with van der Waals surface area (Å²) in [5, 5.41) is 11.6.